The maximum Gasteiger partial charge on any atom is 0.128 e. The molecule has 0 aliphatic rings. The highest BCUT2D eigenvalue weighted by atomic mass is 19.1. The molecule has 0 aliphatic heterocycles. The third-order valence-electron chi connectivity index (χ3n) is 3.45. The lowest BCUT2D eigenvalue weighted by atomic mass is 10.1. The van der Waals surface area contributed by atoms with Crippen molar-refractivity contribution in [2.24, 2.45) is 5.92 Å². The summed E-state index contributed by atoms with van der Waals surface area (Å²) < 4.78 is 19.0. The van der Waals surface area contributed by atoms with Crippen LogP contribution in [-0.2, 0) is 19.7 Å². The number of hydrogen-bond acceptors (Lipinski definition) is 3. The predicted octanol–water partition coefficient (Wildman–Crippen LogP) is 3.64. The number of aliphatic hydroxyl groups excluding tert-OH is 1. The fraction of sp³-hybridized carbons (Fsp3) is 0.368. The van der Waals surface area contributed by atoms with E-state index in [1.165, 1.54) is 6.07 Å². The van der Waals surface area contributed by atoms with Gasteiger partial charge in [-0.25, -0.2) is 4.39 Å². The van der Waals surface area contributed by atoms with Crippen LogP contribution in [-0.4, -0.2) is 11.7 Å². The number of rotatable bonds is 8. The van der Waals surface area contributed by atoms with Gasteiger partial charge in [0.25, 0.3) is 0 Å². The molecule has 23 heavy (non-hydrogen) atoms. The molecule has 0 aromatic heterocycles. The average molecular weight is 317 g/mol. The van der Waals surface area contributed by atoms with E-state index in [4.69, 9.17) is 9.84 Å². The topological polar surface area (TPSA) is 41.5 Å². The molecule has 0 spiro atoms. The van der Waals surface area contributed by atoms with Crippen molar-refractivity contribution < 1.29 is 14.2 Å². The zero-order valence-electron chi connectivity index (χ0n) is 13.7. The van der Waals surface area contributed by atoms with Crippen LogP contribution in [0.15, 0.2) is 42.5 Å². The zero-order chi connectivity index (χ0) is 16.7. The van der Waals surface area contributed by atoms with E-state index in [1.54, 1.807) is 12.1 Å². The summed E-state index contributed by atoms with van der Waals surface area (Å²) in [5, 5.41) is 12.4. The molecule has 2 aromatic carbocycles. The Kier molecular flexibility index (Phi) is 6.56. The molecule has 0 bridgehead atoms. The molecule has 0 saturated heterocycles. The fourth-order valence-corrected chi connectivity index (χ4v) is 2.18. The summed E-state index contributed by atoms with van der Waals surface area (Å²) in [7, 11) is 0. The van der Waals surface area contributed by atoms with E-state index in [9.17, 15) is 4.39 Å². The minimum atomic E-state index is -0.367. The van der Waals surface area contributed by atoms with Gasteiger partial charge in [0.1, 0.15) is 11.6 Å². The Morgan fingerprint density at radius 1 is 1.04 bits per heavy atom. The van der Waals surface area contributed by atoms with Crippen molar-refractivity contribution in [3.05, 3.63) is 65.0 Å². The van der Waals surface area contributed by atoms with Gasteiger partial charge in [0.15, 0.2) is 0 Å². The van der Waals surface area contributed by atoms with E-state index < -0.39 is 0 Å². The fourth-order valence-electron chi connectivity index (χ4n) is 2.18. The molecule has 4 heteroatoms. The van der Waals surface area contributed by atoms with Crippen LogP contribution in [0, 0.1) is 11.7 Å². The van der Waals surface area contributed by atoms with Gasteiger partial charge in [0.2, 0.25) is 0 Å². The number of benzene rings is 2. The second-order valence-electron chi connectivity index (χ2n) is 6.04. The Hall–Kier alpha value is -1.91. The van der Waals surface area contributed by atoms with Crippen molar-refractivity contribution in [1.82, 2.24) is 5.32 Å². The maximum atomic E-state index is 13.3. The molecule has 2 aromatic rings. The highest BCUT2D eigenvalue weighted by Crippen LogP contribution is 2.14. The molecule has 2 N–H and O–H groups in total. The van der Waals surface area contributed by atoms with Crippen LogP contribution in [0.25, 0.3) is 0 Å². The Morgan fingerprint density at radius 3 is 2.35 bits per heavy atom. The smallest absolute Gasteiger partial charge is 0.128 e. The predicted molar refractivity (Wildman–Crippen MR) is 89.6 cm³/mol. The highest BCUT2D eigenvalue weighted by Gasteiger charge is 2.03. The Bertz CT molecular complexity index is 611. The van der Waals surface area contributed by atoms with Crippen LogP contribution in [0.3, 0.4) is 0 Å². The van der Waals surface area contributed by atoms with E-state index in [0.29, 0.717) is 18.0 Å². The Morgan fingerprint density at radius 2 is 1.70 bits per heavy atom. The van der Waals surface area contributed by atoms with Crippen LogP contribution in [0.2, 0.25) is 0 Å². The van der Waals surface area contributed by atoms with Gasteiger partial charge in [-0.3, -0.25) is 0 Å². The average Bonchev–Trinajstić information content (AvgIpc) is 2.55. The SMILES string of the molecule is CC(C)COc1ccc(CNCc2ccc(F)c(CO)c2)cc1. The van der Waals surface area contributed by atoms with E-state index in [-0.39, 0.29) is 12.4 Å². The van der Waals surface area contributed by atoms with Crippen molar-refractivity contribution in [1.29, 1.82) is 0 Å². The van der Waals surface area contributed by atoms with Crippen molar-refractivity contribution in [2.75, 3.05) is 6.61 Å². The summed E-state index contributed by atoms with van der Waals surface area (Å²) in [4.78, 5) is 0. The molecule has 0 amide bonds. The largest absolute Gasteiger partial charge is 0.493 e. The molecule has 3 nitrogen and oxygen atoms in total. The monoisotopic (exact) mass is 317 g/mol. The minimum absolute atomic E-state index is 0.280. The van der Waals surface area contributed by atoms with E-state index in [1.807, 2.05) is 24.3 Å². The first kappa shape index (κ1) is 17.4. The number of hydrogen-bond donors (Lipinski definition) is 2. The first-order chi connectivity index (χ1) is 11.1. The summed E-state index contributed by atoms with van der Waals surface area (Å²) in [6.45, 7) is 6.02. The van der Waals surface area contributed by atoms with E-state index in [2.05, 4.69) is 19.2 Å². The van der Waals surface area contributed by atoms with Crippen molar-refractivity contribution in [3.8, 4) is 5.75 Å². The van der Waals surface area contributed by atoms with Crippen molar-refractivity contribution >= 4 is 0 Å². The Labute approximate surface area is 137 Å². The molecule has 0 saturated carbocycles. The summed E-state index contributed by atoms with van der Waals surface area (Å²) in [6.07, 6.45) is 0. The van der Waals surface area contributed by atoms with Crippen LogP contribution >= 0.6 is 0 Å². The summed E-state index contributed by atoms with van der Waals surface area (Å²) in [6, 6.07) is 12.8. The summed E-state index contributed by atoms with van der Waals surface area (Å²) >= 11 is 0. The van der Waals surface area contributed by atoms with Gasteiger partial charge >= 0.3 is 0 Å². The normalized spacial score (nSPS) is 11.0. The second-order valence-corrected chi connectivity index (χ2v) is 6.04. The number of nitrogens with one attached hydrogen (secondary N) is 1. The van der Waals surface area contributed by atoms with Crippen LogP contribution in [0.5, 0.6) is 5.75 Å². The van der Waals surface area contributed by atoms with Gasteiger partial charge in [-0.05, 0) is 41.3 Å². The zero-order valence-corrected chi connectivity index (χ0v) is 13.7. The highest BCUT2D eigenvalue weighted by molar-refractivity contribution is 5.28. The molecule has 2 rings (SSSR count). The van der Waals surface area contributed by atoms with Crippen LogP contribution in [0.4, 0.5) is 4.39 Å². The van der Waals surface area contributed by atoms with Gasteiger partial charge in [0.05, 0.1) is 13.2 Å². The molecule has 0 aliphatic carbocycles. The summed E-state index contributed by atoms with van der Waals surface area (Å²) in [5.41, 5.74) is 2.44. The molecule has 0 fully saturated rings. The van der Waals surface area contributed by atoms with E-state index in [0.717, 1.165) is 30.0 Å². The molecule has 124 valence electrons. The molecule has 0 atom stereocenters. The first-order valence-corrected chi connectivity index (χ1v) is 7.89. The first-order valence-electron chi connectivity index (χ1n) is 7.89. The standard InChI is InChI=1S/C19H24FNO2/c1-14(2)13-23-18-6-3-15(4-7-18)10-21-11-16-5-8-19(20)17(9-16)12-22/h3-9,14,21-22H,10-13H2,1-2H3. The van der Waals surface area contributed by atoms with Gasteiger partial charge < -0.3 is 15.2 Å². The van der Waals surface area contributed by atoms with Gasteiger partial charge in [-0.1, -0.05) is 32.0 Å². The third-order valence-corrected chi connectivity index (χ3v) is 3.45. The molecule has 0 radical (unpaired) electrons. The minimum Gasteiger partial charge on any atom is -0.493 e. The van der Waals surface area contributed by atoms with E-state index >= 15 is 0 Å². The summed E-state index contributed by atoms with van der Waals surface area (Å²) in [5.74, 6) is 1.03. The van der Waals surface area contributed by atoms with Crippen molar-refractivity contribution in [2.45, 2.75) is 33.5 Å². The molecule has 0 unspecified atom stereocenters. The Balaban J connectivity index is 1.82. The van der Waals surface area contributed by atoms with Crippen LogP contribution < -0.4 is 10.1 Å². The second kappa shape index (κ2) is 8.65. The van der Waals surface area contributed by atoms with Gasteiger partial charge in [-0.15, -0.1) is 0 Å². The van der Waals surface area contributed by atoms with Crippen molar-refractivity contribution in [3.63, 3.8) is 0 Å². The lowest BCUT2D eigenvalue weighted by molar-refractivity contribution is 0.271. The molecule has 0 heterocycles. The third kappa shape index (κ3) is 5.66. The maximum absolute atomic E-state index is 13.3. The number of ether oxygens (including phenoxy) is 1. The van der Waals surface area contributed by atoms with Crippen LogP contribution in [0.1, 0.15) is 30.5 Å². The molecular formula is C19H24FNO2. The van der Waals surface area contributed by atoms with Gasteiger partial charge in [-0.2, -0.15) is 0 Å². The lowest BCUT2D eigenvalue weighted by Gasteiger charge is -2.10. The van der Waals surface area contributed by atoms with Gasteiger partial charge in [0, 0.05) is 18.7 Å². The lowest BCUT2D eigenvalue weighted by Crippen LogP contribution is -2.13. The molecular weight excluding hydrogens is 293 g/mol. The number of aliphatic hydroxyl groups is 1. The quantitative estimate of drug-likeness (QED) is 0.781. The number of halogens is 1.